The Hall–Kier alpha value is -1.99. The van der Waals surface area contributed by atoms with E-state index in [1.807, 2.05) is 31.2 Å². The van der Waals surface area contributed by atoms with E-state index >= 15 is 0 Å². The van der Waals surface area contributed by atoms with Crippen molar-refractivity contribution < 1.29 is 4.74 Å². The predicted octanol–water partition coefficient (Wildman–Crippen LogP) is 3.66. The van der Waals surface area contributed by atoms with Crippen LogP contribution in [0.3, 0.4) is 0 Å². The number of H-pyrrole nitrogens is 2. The van der Waals surface area contributed by atoms with Crippen LogP contribution in [-0.4, -0.2) is 26.8 Å². The molecule has 0 aliphatic rings. The second-order valence-corrected chi connectivity index (χ2v) is 5.42. The smallest absolute Gasteiger partial charge is 0.213 e. The molecule has 102 valence electrons. The third-order valence-corrected chi connectivity index (χ3v) is 3.90. The lowest BCUT2D eigenvalue weighted by atomic mass is 10.2. The number of rotatable bonds is 4. The Balaban J connectivity index is 1.87. The molecular formula is C13H12N4OS2. The lowest BCUT2D eigenvalue weighted by molar-refractivity contribution is 0.340. The molecule has 0 unspecified atom stereocenters. The van der Waals surface area contributed by atoms with Gasteiger partial charge in [0.15, 0.2) is 5.82 Å². The predicted molar refractivity (Wildman–Crippen MR) is 81.5 cm³/mol. The molecule has 0 spiro atoms. The summed E-state index contributed by atoms with van der Waals surface area (Å²) < 4.78 is 5.87. The molecule has 3 aromatic rings. The molecule has 1 aromatic carbocycles. The Morgan fingerprint density at radius 3 is 2.70 bits per heavy atom. The van der Waals surface area contributed by atoms with Gasteiger partial charge in [-0.2, -0.15) is 4.98 Å². The number of thiazole rings is 1. The van der Waals surface area contributed by atoms with E-state index in [1.165, 1.54) is 0 Å². The minimum atomic E-state index is 0.441. The highest BCUT2D eigenvalue weighted by molar-refractivity contribution is 7.71. The fraction of sp³-hybridized carbons (Fsp3) is 0.154. The van der Waals surface area contributed by atoms with Gasteiger partial charge in [0, 0.05) is 11.8 Å². The van der Waals surface area contributed by atoms with Crippen LogP contribution >= 0.6 is 23.6 Å². The number of hydrogen-bond acceptors (Lipinski definition) is 5. The number of nitrogens with one attached hydrogen (secondary N) is 2. The average molecular weight is 304 g/mol. The molecule has 0 bridgehead atoms. The molecule has 0 atom stereocenters. The maximum Gasteiger partial charge on any atom is 0.213 e. The first-order chi connectivity index (χ1) is 9.76. The Morgan fingerprint density at radius 2 is 2.05 bits per heavy atom. The normalized spacial score (nSPS) is 10.7. The SMILES string of the molecule is CCOc1ccc(-c2ncc(-c3nc(=S)[nH][nH]3)s2)cc1. The summed E-state index contributed by atoms with van der Waals surface area (Å²) >= 11 is 6.50. The summed E-state index contributed by atoms with van der Waals surface area (Å²) in [6, 6.07) is 7.89. The fourth-order valence-electron chi connectivity index (χ4n) is 1.76. The van der Waals surface area contributed by atoms with Crippen LogP contribution in [0.25, 0.3) is 21.3 Å². The van der Waals surface area contributed by atoms with Crippen LogP contribution in [0.4, 0.5) is 0 Å². The van der Waals surface area contributed by atoms with Crippen molar-refractivity contribution >= 4 is 23.6 Å². The van der Waals surface area contributed by atoms with Gasteiger partial charge in [0.25, 0.3) is 0 Å². The number of benzene rings is 1. The molecule has 2 N–H and O–H groups in total. The van der Waals surface area contributed by atoms with Crippen molar-refractivity contribution in [3.63, 3.8) is 0 Å². The number of aromatic amines is 2. The highest BCUT2D eigenvalue weighted by atomic mass is 32.1. The van der Waals surface area contributed by atoms with Crippen molar-refractivity contribution in [1.82, 2.24) is 20.2 Å². The number of hydrogen-bond donors (Lipinski definition) is 2. The highest BCUT2D eigenvalue weighted by Gasteiger charge is 2.09. The van der Waals surface area contributed by atoms with Crippen molar-refractivity contribution in [2.45, 2.75) is 6.92 Å². The van der Waals surface area contributed by atoms with Crippen LogP contribution in [0.5, 0.6) is 5.75 Å². The van der Waals surface area contributed by atoms with Gasteiger partial charge in [-0.25, -0.2) is 4.98 Å². The molecule has 2 aromatic heterocycles. The van der Waals surface area contributed by atoms with Crippen LogP contribution in [0.2, 0.25) is 0 Å². The highest BCUT2D eigenvalue weighted by Crippen LogP contribution is 2.30. The van der Waals surface area contributed by atoms with Gasteiger partial charge in [-0.15, -0.1) is 11.3 Å². The third-order valence-electron chi connectivity index (χ3n) is 2.65. The average Bonchev–Trinajstić information content (AvgIpc) is 3.09. The van der Waals surface area contributed by atoms with Crippen LogP contribution in [0.1, 0.15) is 6.92 Å². The van der Waals surface area contributed by atoms with Gasteiger partial charge < -0.3 is 4.74 Å². The molecule has 5 nitrogen and oxygen atoms in total. The van der Waals surface area contributed by atoms with Gasteiger partial charge in [-0.1, -0.05) is 0 Å². The van der Waals surface area contributed by atoms with Gasteiger partial charge >= 0.3 is 0 Å². The maximum atomic E-state index is 5.43. The lowest BCUT2D eigenvalue weighted by Gasteiger charge is -2.02. The molecule has 2 heterocycles. The summed E-state index contributed by atoms with van der Waals surface area (Å²) in [5, 5.41) is 6.64. The molecule has 3 rings (SSSR count). The molecule has 0 amide bonds. The molecule has 20 heavy (non-hydrogen) atoms. The largest absolute Gasteiger partial charge is 0.494 e. The first-order valence-corrected chi connectivity index (χ1v) is 7.33. The van der Waals surface area contributed by atoms with E-state index in [0.29, 0.717) is 17.2 Å². The van der Waals surface area contributed by atoms with Crippen molar-refractivity contribution in [2.24, 2.45) is 0 Å². The Morgan fingerprint density at radius 1 is 1.25 bits per heavy atom. The molecule has 0 aliphatic heterocycles. The van der Waals surface area contributed by atoms with E-state index in [4.69, 9.17) is 17.0 Å². The van der Waals surface area contributed by atoms with Crippen LogP contribution in [-0.2, 0) is 0 Å². The zero-order chi connectivity index (χ0) is 13.9. The van der Waals surface area contributed by atoms with Gasteiger partial charge in [-0.05, 0) is 43.4 Å². The van der Waals surface area contributed by atoms with Crippen molar-refractivity contribution in [1.29, 1.82) is 0 Å². The van der Waals surface area contributed by atoms with E-state index in [0.717, 1.165) is 21.2 Å². The molecule has 0 saturated carbocycles. The topological polar surface area (TPSA) is 66.6 Å². The minimum absolute atomic E-state index is 0.441. The monoisotopic (exact) mass is 304 g/mol. The van der Waals surface area contributed by atoms with Gasteiger partial charge in [-0.3, -0.25) is 10.2 Å². The Bertz CT molecular complexity index is 757. The summed E-state index contributed by atoms with van der Waals surface area (Å²) in [4.78, 5) is 9.54. The number of ether oxygens (including phenoxy) is 1. The zero-order valence-corrected chi connectivity index (χ0v) is 12.3. The van der Waals surface area contributed by atoms with Crippen molar-refractivity contribution in [3.8, 4) is 27.0 Å². The maximum absolute atomic E-state index is 5.43. The standard InChI is InChI=1S/C13H12N4OS2/c1-2-18-9-5-3-8(4-6-9)12-14-7-10(20-12)11-15-13(19)17-16-11/h3-7H,2H2,1H3,(H2,15,16,17,19). The number of nitrogens with zero attached hydrogens (tertiary/aromatic N) is 2. The molecule has 0 aliphatic carbocycles. The molecular weight excluding hydrogens is 292 g/mol. The molecule has 7 heteroatoms. The second kappa shape index (κ2) is 5.56. The van der Waals surface area contributed by atoms with E-state index in [2.05, 4.69) is 20.2 Å². The van der Waals surface area contributed by atoms with Crippen LogP contribution < -0.4 is 4.74 Å². The first-order valence-electron chi connectivity index (χ1n) is 6.10. The van der Waals surface area contributed by atoms with Gasteiger partial charge in [0.2, 0.25) is 4.77 Å². The minimum Gasteiger partial charge on any atom is -0.494 e. The Kier molecular flexibility index (Phi) is 3.62. The first kappa shape index (κ1) is 13.0. The van der Waals surface area contributed by atoms with Gasteiger partial charge in [0.1, 0.15) is 10.8 Å². The van der Waals surface area contributed by atoms with E-state index in [-0.39, 0.29) is 0 Å². The zero-order valence-electron chi connectivity index (χ0n) is 10.7. The van der Waals surface area contributed by atoms with E-state index in [1.54, 1.807) is 17.5 Å². The van der Waals surface area contributed by atoms with Crippen LogP contribution in [0.15, 0.2) is 30.5 Å². The summed E-state index contributed by atoms with van der Waals surface area (Å²) in [6.45, 7) is 2.63. The summed E-state index contributed by atoms with van der Waals surface area (Å²) in [6.07, 6.45) is 1.79. The third kappa shape index (κ3) is 2.63. The summed E-state index contributed by atoms with van der Waals surface area (Å²) in [7, 11) is 0. The molecule has 0 saturated heterocycles. The van der Waals surface area contributed by atoms with Crippen molar-refractivity contribution in [3.05, 3.63) is 35.2 Å². The van der Waals surface area contributed by atoms with Crippen LogP contribution in [0, 0.1) is 4.77 Å². The van der Waals surface area contributed by atoms with Crippen molar-refractivity contribution in [2.75, 3.05) is 6.61 Å². The quantitative estimate of drug-likeness (QED) is 0.722. The molecule has 0 radical (unpaired) electrons. The second-order valence-electron chi connectivity index (χ2n) is 4.00. The summed E-state index contributed by atoms with van der Waals surface area (Å²) in [5.41, 5.74) is 1.05. The van der Waals surface area contributed by atoms with E-state index in [9.17, 15) is 0 Å². The van der Waals surface area contributed by atoms with Gasteiger partial charge in [0.05, 0.1) is 11.5 Å². The lowest BCUT2D eigenvalue weighted by Crippen LogP contribution is -1.90. The summed E-state index contributed by atoms with van der Waals surface area (Å²) in [5.74, 6) is 1.58. The number of aromatic nitrogens is 4. The van der Waals surface area contributed by atoms with E-state index < -0.39 is 0 Å². The molecule has 0 fully saturated rings. The fourth-order valence-corrected chi connectivity index (χ4v) is 2.77. The Labute approximate surface area is 124 Å².